The molecular formula is C16H12N3Na2O7P. The van der Waals surface area contributed by atoms with Crippen molar-refractivity contribution in [3.8, 4) is 39.9 Å². The minimum atomic E-state index is -5.11. The van der Waals surface area contributed by atoms with Crippen LogP contribution in [0.5, 0.6) is 23.0 Å². The monoisotopic (exact) mass is 435 g/mol. The molecule has 2 heterocycles. The first-order valence-corrected chi connectivity index (χ1v) is 9.11. The summed E-state index contributed by atoms with van der Waals surface area (Å²) in [7, 11) is -3.59. The fraction of sp³-hybridized carbons (Fsp3) is 0.125. The van der Waals surface area contributed by atoms with E-state index in [2.05, 4.69) is 14.8 Å². The first kappa shape index (κ1) is 24.2. The van der Waals surface area contributed by atoms with Crippen LogP contribution in [0, 0.1) is 0 Å². The number of phosphoric ester groups is 1. The van der Waals surface area contributed by atoms with Crippen LogP contribution in [0.15, 0.2) is 42.6 Å². The quantitative estimate of drug-likeness (QED) is 0.285. The summed E-state index contributed by atoms with van der Waals surface area (Å²) in [4.78, 5) is 21.4. The molecule has 3 aromatic rings. The number of hydrogen-bond donors (Lipinski definition) is 0. The maximum absolute atomic E-state index is 10.7. The van der Waals surface area contributed by atoms with Crippen molar-refractivity contribution in [1.82, 2.24) is 15.0 Å². The van der Waals surface area contributed by atoms with Crippen LogP contribution in [0.2, 0.25) is 0 Å². The molecule has 0 atom stereocenters. The van der Waals surface area contributed by atoms with Gasteiger partial charge in [0.25, 0.3) is 0 Å². The zero-order valence-electron chi connectivity index (χ0n) is 15.9. The Morgan fingerprint density at radius 1 is 1.14 bits per heavy atom. The largest absolute Gasteiger partial charge is 1.00 e. The SMILES string of the molecule is COc1cc(-n2nncc2-c2ccc(OP(=O)([O-])[O-])cc2)cc2c1OCO2.[Na+].[Na+]. The maximum atomic E-state index is 10.7. The second-order valence-electron chi connectivity index (χ2n) is 5.48. The molecule has 1 aliphatic rings. The third kappa shape index (κ3) is 5.35. The second kappa shape index (κ2) is 9.82. The maximum Gasteiger partial charge on any atom is 1.00 e. The van der Waals surface area contributed by atoms with Crippen LogP contribution in [0.25, 0.3) is 16.9 Å². The van der Waals surface area contributed by atoms with Gasteiger partial charge in [0.15, 0.2) is 11.5 Å². The van der Waals surface area contributed by atoms with Gasteiger partial charge in [-0.3, -0.25) is 0 Å². The molecule has 0 unspecified atom stereocenters. The summed E-state index contributed by atoms with van der Waals surface area (Å²) < 4.78 is 32.7. The summed E-state index contributed by atoms with van der Waals surface area (Å²) >= 11 is 0. The fourth-order valence-corrected chi connectivity index (χ4v) is 3.06. The molecule has 0 N–H and O–H groups in total. The zero-order chi connectivity index (χ0) is 19.0. The predicted molar refractivity (Wildman–Crippen MR) is 87.7 cm³/mol. The molecule has 0 fully saturated rings. The number of phosphoric acid groups is 1. The van der Waals surface area contributed by atoms with Gasteiger partial charge >= 0.3 is 59.1 Å². The average Bonchev–Trinajstić information content (AvgIpc) is 3.29. The van der Waals surface area contributed by atoms with E-state index < -0.39 is 7.82 Å². The Kier molecular flexibility index (Phi) is 8.20. The minimum Gasteiger partial charge on any atom is -0.780 e. The van der Waals surface area contributed by atoms with Crippen LogP contribution < -0.4 is 87.6 Å². The molecule has 140 valence electrons. The number of fused-ring (bicyclic) bond motifs is 1. The van der Waals surface area contributed by atoms with Crippen molar-refractivity contribution < 1.29 is 92.2 Å². The molecule has 4 rings (SSSR count). The zero-order valence-corrected chi connectivity index (χ0v) is 20.8. The van der Waals surface area contributed by atoms with Crippen molar-refractivity contribution in [2.45, 2.75) is 0 Å². The van der Waals surface area contributed by atoms with Gasteiger partial charge in [0.1, 0.15) is 13.6 Å². The molecule has 29 heavy (non-hydrogen) atoms. The van der Waals surface area contributed by atoms with Crippen molar-refractivity contribution >= 4 is 7.82 Å². The predicted octanol–water partition coefficient (Wildman–Crippen LogP) is -5.11. The topological polar surface area (TPSA) is 131 Å². The van der Waals surface area contributed by atoms with E-state index in [1.165, 1.54) is 19.2 Å². The molecule has 13 heteroatoms. The van der Waals surface area contributed by atoms with Crippen LogP contribution in [-0.2, 0) is 4.57 Å². The summed E-state index contributed by atoms with van der Waals surface area (Å²) in [5.74, 6) is 1.46. The van der Waals surface area contributed by atoms with Gasteiger partial charge in [0.2, 0.25) is 12.5 Å². The summed E-state index contributed by atoms with van der Waals surface area (Å²) in [6.45, 7) is 0.101. The van der Waals surface area contributed by atoms with Crippen molar-refractivity contribution in [1.29, 1.82) is 0 Å². The molecule has 0 saturated carbocycles. The summed E-state index contributed by atoms with van der Waals surface area (Å²) in [6, 6.07) is 9.39. The summed E-state index contributed by atoms with van der Waals surface area (Å²) in [5.41, 5.74) is 1.93. The van der Waals surface area contributed by atoms with Gasteiger partial charge < -0.3 is 33.1 Å². The molecule has 1 aliphatic heterocycles. The molecular weight excluding hydrogens is 423 g/mol. The molecule has 1 aromatic heterocycles. The molecule has 0 saturated heterocycles. The van der Waals surface area contributed by atoms with Gasteiger partial charge in [-0.2, -0.15) is 0 Å². The molecule has 0 radical (unpaired) electrons. The molecule has 10 nitrogen and oxygen atoms in total. The number of ether oxygens (including phenoxy) is 3. The van der Waals surface area contributed by atoms with Gasteiger partial charge in [-0.05, 0) is 24.3 Å². The van der Waals surface area contributed by atoms with Crippen LogP contribution in [-0.4, -0.2) is 28.9 Å². The Morgan fingerprint density at radius 2 is 1.86 bits per heavy atom. The Balaban J connectivity index is 0.00000150. The normalized spacial score (nSPS) is 12.0. The van der Waals surface area contributed by atoms with Gasteiger partial charge in [0.05, 0.1) is 24.7 Å². The van der Waals surface area contributed by atoms with E-state index >= 15 is 0 Å². The van der Waals surface area contributed by atoms with Crippen LogP contribution >= 0.6 is 7.82 Å². The molecule has 0 spiro atoms. The average molecular weight is 435 g/mol. The summed E-state index contributed by atoms with van der Waals surface area (Å²) in [5, 5.41) is 8.01. The first-order valence-electron chi connectivity index (χ1n) is 7.65. The van der Waals surface area contributed by atoms with Crippen molar-refractivity contribution in [3.05, 3.63) is 42.6 Å². The van der Waals surface area contributed by atoms with Crippen LogP contribution in [0.1, 0.15) is 0 Å². The number of benzene rings is 2. The van der Waals surface area contributed by atoms with E-state index in [1.807, 2.05) is 0 Å². The van der Waals surface area contributed by atoms with E-state index in [0.717, 1.165) is 0 Å². The van der Waals surface area contributed by atoms with Crippen molar-refractivity contribution in [2.24, 2.45) is 0 Å². The molecule has 0 amide bonds. The van der Waals surface area contributed by atoms with Gasteiger partial charge in [-0.15, -0.1) is 5.10 Å². The van der Waals surface area contributed by atoms with Crippen LogP contribution in [0.4, 0.5) is 0 Å². The smallest absolute Gasteiger partial charge is 0.780 e. The van der Waals surface area contributed by atoms with E-state index in [-0.39, 0.29) is 71.7 Å². The molecule has 0 bridgehead atoms. The minimum absolute atomic E-state index is 0. The third-order valence-electron chi connectivity index (χ3n) is 3.80. The number of aromatic nitrogens is 3. The Morgan fingerprint density at radius 3 is 2.52 bits per heavy atom. The van der Waals surface area contributed by atoms with Crippen LogP contribution in [0.3, 0.4) is 0 Å². The standard InChI is InChI=1S/C16H14N3O7P.2Na/c1-23-14-6-11(7-15-16(14)25-9-24-15)19-13(8-17-18-19)10-2-4-12(5-3-10)26-27(20,21)22;;/h2-8H,9H2,1H3,(H2,20,21,22);;/q;2*+1/p-2. The van der Waals surface area contributed by atoms with Gasteiger partial charge in [0, 0.05) is 17.7 Å². The Labute approximate surface area is 209 Å². The molecule has 2 aromatic carbocycles. The third-order valence-corrected chi connectivity index (χ3v) is 4.24. The summed E-state index contributed by atoms with van der Waals surface area (Å²) in [6.07, 6.45) is 1.54. The second-order valence-corrected chi connectivity index (χ2v) is 6.55. The number of nitrogens with zero attached hydrogens (tertiary/aromatic N) is 3. The van der Waals surface area contributed by atoms with Crippen molar-refractivity contribution in [3.63, 3.8) is 0 Å². The van der Waals surface area contributed by atoms with E-state index in [0.29, 0.717) is 34.2 Å². The van der Waals surface area contributed by atoms with E-state index in [4.69, 9.17) is 14.2 Å². The Bertz CT molecular complexity index is 1040. The Hall–Kier alpha value is -1.07. The van der Waals surface area contributed by atoms with E-state index in [1.54, 1.807) is 35.1 Å². The fourth-order valence-electron chi connectivity index (χ4n) is 2.68. The molecule has 0 aliphatic carbocycles. The number of methoxy groups -OCH3 is 1. The van der Waals surface area contributed by atoms with E-state index in [9.17, 15) is 14.4 Å². The number of rotatable bonds is 5. The number of hydrogen-bond acceptors (Lipinski definition) is 9. The van der Waals surface area contributed by atoms with Crippen molar-refractivity contribution in [2.75, 3.05) is 13.9 Å². The van der Waals surface area contributed by atoms with Gasteiger partial charge in [-0.25, -0.2) is 4.68 Å². The van der Waals surface area contributed by atoms with Gasteiger partial charge in [-0.1, -0.05) is 5.21 Å². The first-order chi connectivity index (χ1) is 12.9.